The highest BCUT2D eigenvalue weighted by atomic mass is 15.5. The van der Waals surface area contributed by atoms with Crippen LogP contribution in [-0.4, -0.2) is 15.0 Å². The smallest absolute Gasteiger partial charge is 0.114 e. The molecule has 20 heavy (non-hydrogen) atoms. The second kappa shape index (κ2) is 4.68. The molecular formula is C14H12N6. The number of fused-ring (bicyclic) bond motifs is 1. The molecule has 0 aliphatic rings. The summed E-state index contributed by atoms with van der Waals surface area (Å²) < 4.78 is 0. The summed E-state index contributed by atoms with van der Waals surface area (Å²) in [5.74, 6) is 0. The summed E-state index contributed by atoms with van der Waals surface area (Å²) in [5.41, 5.74) is 13.6. The Balaban J connectivity index is 2.15. The molecule has 3 aromatic rings. The van der Waals surface area contributed by atoms with Gasteiger partial charge in [-0.05, 0) is 49.2 Å². The lowest BCUT2D eigenvalue weighted by Gasteiger charge is -1.98. The Kier molecular flexibility index (Phi) is 2.85. The van der Waals surface area contributed by atoms with Crippen molar-refractivity contribution in [2.45, 2.75) is 13.8 Å². The number of aromatic nitrogens is 3. The minimum absolute atomic E-state index is 0.580. The van der Waals surface area contributed by atoms with Crippen LogP contribution in [0.2, 0.25) is 0 Å². The van der Waals surface area contributed by atoms with Crippen molar-refractivity contribution < 1.29 is 0 Å². The molecule has 3 rings (SSSR count). The van der Waals surface area contributed by atoms with Gasteiger partial charge in [-0.15, -0.1) is 10.2 Å². The van der Waals surface area contributed by atoms with E-state index in [1.807, 2.05) is 44.2 Å². The summed E-state index contributed by atoms with van der Waals surface area (Å²) in [5, 5.41) is 12.5. The lowest BCUT2D eigenvalue weighted by Crippen LogP contribution is -1.97. The van der Waals surface area contributed by atoms with Crippen LogP contribution in [0.25, 0.3) is 27.2 Å². The molecule has 0 unspecified atom stereocenters. The second-order valence-corrected chi connectivity index (χ2v) is 4.64. The van der Waals surface area contributed by atoms with Crippen molar-refractivity contribution in [3.63, 3.8) is 0 Å². The molecule has 0 aliphatic heterocycles. The minimum Gasteiger partial charge on any atom is -0.150 e. The summed E-state index contributed by atoms with van der Waals surface area (Å²) in [4.78, 5) is 4.40. The number of azide groups is 1. The monoisotopic (exact) mass is 264 g/mol. The van der Waals surface area contributed by atoms with Gasteiger partial charge in [0.2, 0.25) is 0 Å². The van der Waals surface area contributed by atoms with Crippen molar-refractivity contribution in [3.8, 4) is 5.69 Å². The highest BCUT2D eigenvalue weighted by Gasteiger charge is 2.07. The molecular weight excluding hydrogens is 252 g/mol. The van der Waals surface area contributed by atoms with E-state index in [-0.39, 0.29) is 0 Å². The number of nitrogens with zero attached hydrogens (tertiary/aromatic N) is 6. The zero-order valence-electron chi connectivity index (χ0n) is 11.1. The molecule has 0 N–H and O–H groups in total. The Morgan fingerprint density at radius 2 is 1.70 bits per heavy atom. The Bertz CT molecular complexity index is 825. The molecule has 2 aromatic carbocycles. The predicted octanol–water partition coefficient (Wildman–Crippen LogP) is 3.98. The topological polar surface area (TPSA) is 79.5 Å². The van der Waals surface area contributed by atoms with Gasteiger partial charge in [-0.1, -0.05) is 22.8 Å². The van der Waals surface area contributed by atoms with Crippen molar-refractivity contribution >= 4 is 16.7 Å². The van der Waals surface area contributed by atoms with E-state index in [0.717, 1.165) is 16.8 Å². The summed E-state index contributed by atoms with van der Waals surface area (Å²) >= 11 is 0. The van der Waals surface area contributed by atoms with Gasteiger partial charge >= 0.3 is 0 Å². The largest absolute Gasteiger partial charge is 0.150 e. The molecule has 0 saturated heterocycles. The van der Waals surface area contributed by atoms with Gasteiger partial charge in [0.25, 0.3) is 0 Å². The normalized spacial score (nSPS) is 10.5. The van der Waals surface area contributed by atoms with Crippen molar-refractivity contribution in [2.24, 2.45) is 5.11 Å². The van der Waals surface area contributed by atoms with Crippen LogP contribution in [0.3, 0.4) is 0 Å². The molecule has 0 spiro atoms. The Morgan fingerprint density at radius 3 is 2.35 bits per heavy atom. The van der Waals surface area contributed by atoms with Crippen LogP contribution < -0.4 is 0 Å². The van der Waals surface area contributed by atoms with E-state index >= 15 is 0 Å². The molecule has 0 bridgehead atoms. The fraction of sp³-hybridized carbons (Fsp3) is 0.143. The maximum Gasteiger partial charge on any atom is 0.114 e. The zero-order valence-corrected chi connectivity index (χ0v) is 11.1. The van der Waals surface area contributed by atoms with Crippen LogP contribution >= 0.6 is 0 Å². The first kappa shape index (κ1) is 12.2. The number of hydrogen-bond acceptors (Lipinski definition) is 3. The van der Waals surface area contributed by atoms with Gasteiger partial charge in [0.05, 0.1) is 5.69 Å². The van der Waals surface area contributed by atoms with Gasteiger partial charge in [0, 0.05) is 10.6 Å². The maximum absolute atomic E-state index is 8.54. The number of hydrogen-bond donors (Lipinski definition) is 0. The highest BCUT2D eigenvalue weighted by Crippen LogP contribution is 2.24. The molecule has 1 aromatic heterocycles. The zero-order chi connectivity index (χ0) is 14.1. The predicted molar refractivity (Wildman–Crippen MR) is 77.1 cm³/mol. The Labute approximate surface area is 115 Å². The average molecular weight is 264 g/mol. The second-order valence-electron chi connectivity index (χ2n) is 4.64. The average Bonchev–Trinajstić information content (AvgIpc) is 2.83. The molecule has 1 heterocycles. The minimum atomic E-state index is 0.580. The quantitative estimate of drug-likeness (QED) is 0.398. The van der Waals surface area contributed by atoms with Crippen LogP contribution in [0.5, 0.6) is 0 Å². The van der Waals surface area contributed by atoms with Crippen molar-refractivity contribution in [3.05, 3.63) is 58.0 Å². The first-order valence-corrected chi connectivity index (χ1v) is 6.17. The van der Waals surface area contributed by atoms with Gasteiger partial charge in [0.1, 0.15) is 11.0 Å². The van der Waals surface area contributed by atoms with Crippen LogP contribution in [0.4, 0.5) is 5.69 Å². The number of benzene rings is 2. The van der Waals surface area contributed by atoms with Crippen LogP contribution in [0, 0.1) is 13.8 Å². The molecule has 6 heteroatoms. The number of rotatable bonds is 2. The fourth-order valence-corrected chi connectivity index (χ4v) is 2.01. The summed E-state index contributed by atoms with van der Waals surface area (Å²) in [6.45, 7) is 3.92. The summed E-state index contributed by atoms with van der Waals surface area (Å²) in [7, 11) is 0. The number of aryl methyl sites for hydroxylation is 2. The SMILES string of the molecule is Cc1ccc(-n2nc3cc(C)c(N=[N+]=[N-])cc3n2)cc1. The van der Waals surface area contributed by atoms with Crippen molar-refractivity contribution in [1.82, 2.24) is 15.0 Å². The van der Waals surface area contributed by atoms with Gasteiger partial charge in [-0.3, -0.25) is 0 Å². The Morgan fingerprint density at radius 1 is 1.05 bits per heavy atom. The lowest BCUT2D eigenvalue weighted by molar-refractivity contribution is 0.765. The third-order valence-corrected chi connectivity index (χ3v) is 3.12. The fourth-order valence-electron chi connectivity index (χ4n) is 2.01. The molecule has 6 nitrogen and oxygen atoms in total. The van der Waals surface area contributed by atoms with Crippen molar-refractivity contribution in [2.75, 3.05) is 0 Å². The third kappa shape index (κ3) is 2.08. The van der Waals surface area contributed by atoms with Gasteiger partial charge in [0.15, 0.2) is 0 Å². The molecule has 0 saturated carbocycles. The van der Waals surface area contributed by atoms with Crippen molar-refractivity contribution in [1.29, 1.82) is 0 Å². The molecule has 98 valence electrons. The Hall–Kier alpha value is -2.85. The first-order chi connectivity index (χ1) is 9.67. The van der Waals surface area contributed by atoms with Gasteiger partial charge in [-0.25, -0.2) is 0 Å². The summed E-state index contributed by atoms with van der Waals surface area (Å²) in [6.07, 6.45) is 0. The van der Waals surface area contributed by atoms with Crippen LogP contribution in [0.15, 0.2) is 41.5 Å². The van der Waals surface area contributed by atoms with E-state index in [1.165, 1.54) is 5.56 Å². The standard InChI is InChI=1S/C14H12N6/c1-9-3-5-11(6-4-9)20-17-13-7-10(2)12(16-19-15)8-14(13)18-20/h3-8H,1-2H3. The molecule has 0 radical (unpaired) electrons. The lowest BCUT2D eigenvalue weighted by atomic mass is 10.2. The van der Waals surface area contributed by atoms with Crippen LogP contribution in [-0.2, 0) is 0 Å². The van der Waals surface area contributed by atoms with Gasteiger partial charge < -0.3 is 0 Å². The van der Waals surface area contributed by atoms with E-state index in [0.29, 0.717) is 11.2 Å². The summed E-state index contributed by atoms with van der Waals surface area (Å²) in [6, 6.07) is 11.6. The third-order valence-electron chi connectivity index (χ3n) is 3.12. The maximum atomic E-state index is 8.54. The molecule has 0 atom stereocenters. The van der Waals surface area contributed by atoms with E-state index in [9.17, 15) is 0 Å². The van der Waals surface area contributed by atoms with E-state index in [1.54, 1.807) is 10.9 Å². The molecule has 0 aliphatic carbocycles. The first-order valence-electron chi connectivity index (χ1n) is 6.17. The van der Waals surface area contributed by atoms with Crippen LogP contribution in [0.1, 0.15) is 11.1 Å². The van der Waals surface area contributed by atoms with E-state index in [2.05, 4.69) is 20.2 Å². The molecule has 0 amide bonds. The van der Waals surface area contributed by atoms with E-state index in [4.69, 9.17) is 5.53 Å². The highest BCUT2D eigenvalue weighted by molar-refractivity contribution is 5.79. The molecule has 0 fully saturated rings. The van der Waals surface area contributed by atoms with Gasteiger partial charge in [-0.2, -0.15) is 4.80 Å². The van der Waals surface area contributed by atoms with E-state index < -0.39 is 0 Å².